The van der Waals surface area contributed by atoms with Gasteiger partial charge in [0, 0.05) is 45.0 Å². The summed E-state index contributed by atoms with van der Waals surface area (Å²) < 4.78 is 28.3. The molecular formula is C15H30N4O3S. The Labute approximate surface area is 140 Å². The molecule has 1 aliphatic heterocycles. The Bertz CT molecular complexity index is 459. The van der Waals surface area contributed by atoms with E-state index in [-0.39, 0.29) is 11.5 Å². The van der Waals surface area contributed by atoms with Crippen molar-refractivity contribution in [2.75, 3.05) is 64.0 Å². The van der Waals surface area contributed by atoms with Gasteiger partial charge in [-0.1, -0.05) is 13.0 Å². The Morgan fingerprint density at radius 2 is 2.09 bits per heavy atom. The minimum atomic E-state index is -2.96. The highest BCUT2D eigenvalue weighted by Crippen LogP contribution is 1.98. The molecule has 2 N–H and O–H groups in total. The van der Waals surface area contributed by atoms with Crippen molar-refractivity contribution in [2.24, 2.45) is 4.99 Å². The van der Waals surface area contributed by atoms with Crippen molar-refractivity contribution in [1.82, 2.24) is 15.5 Å². The van der Waals surface area contributed by atoms with E-state index >= 15 is 0 Å². The smallest absolute Gasteiger partial charge is 0.191 e. The normalized spacial score (nSPS) is 17.0. The lowest BCUT2D eigenvalue weighted by molar-refractivity contribution is 0.0377. The maximum atomic E-state index is 11.5. The second-order valence-corrected chi connectivity index (χ2v) is 7.84. The van der Waals surface area contributed by atoms with E-state index in [2.05, 4.69) is 27.1 Å². The van der Waals surface area contributed by atoms with Gasteiger partial charge in [0.2, 0.25) is 0 Å². The zero-order valence-electron chi connectivity index (χ0n) is 14.1. The van der Waals surface area contributed by atoms with Crippen molar-refractivity contribution in [2.45, 2.75) is 13.3 Å². The van der Waals surface area contributed by atoms with Crippen LogP contribution >= 0.6 is 0 Å². The molecule has 1 aliphatic rings. The van der Waals surface area contributed by atoms with Crippen LogP contribution in [-0.4, -0.2) is 83.3 Å². The number of hydrogen-bond acceptors (Lipinski definition) is 5. The van der Waals surface area contributed by atoms with E-state index in [1.165, 1.54) is 0 Å². The highest BCUT2D eigenvalue weighted by molar-refractivity contribution is 7.91. The summed E-state index contributed by atoms with van der Waals surface area (Å²) in [6, 6.07) is 0. The van der Waals surface area contributed by atoms with Crippen LogP contribution in [0.3, 0.4) is 0 Å². The third-order valence-corrected chi connectivity index (χ3v) is 5.27. The maximum Gasteiger partial charge on any atom is 0.191 e. The summed E-state index contributed by atoms with van der Waals surface area (Å²) >= 11 is 0. The largest absolute Gasteiger partial charge is 0.379 e. The molecule has 0 atom stereocenters. The molecule has 0 aromatic rings. The molecule has 0 unspecified atom stereocenters. The van der Waals surface area contributed by atoms with Crippen molar-refractivity contribution >= 4 is 15.8 Å². The van der Waals surface area contributed by atoms with Crippen LogP contribution in [-0.2, 0) is 14.6 Å². The first-order valence-electron chi connectivity index (χ1n) is 8.21. The number of guanidine groups is 1. The lowest BCUT2D eigenvalue weighted by Gasteiger charge is -2.26. The van der Waals surface area contributed by atoms with E-state index in [0.29, 0.717) is 25.6 Å². The predicted octanol–water partition coefficient (Wildman–Crippen LogP) is -0.135. The van der Waals surface area contributed by atoms with Crippen molar-refractivity contribution < 1.29 is 13.2 Å². The Kier molecular flexibility index (Phi) is 9.89. The zero-order chi connectivity index (χ0) is 17.0. The molecule has 0 saturated carbocycles. The van der Waals surface area contributed by atoms with Crippen LogP contribution in [0.2, 0.25) is 0 Å². The molecule has 0 aliphatic carbocycles. The molecule has 1 fully saturated rings. The summed E-state index contributed by atoms with van der Waals surface area (Å²) in [6.07, 6.45) is 2.71. The summed E-state index contributed by atoms with van der Waals surface area (Å²) in [5.41, 5.74) is 0. The average molecular weight is 346 g/mol. The fourth-order valence-electron chi connectivity index (χ4n) is 2.12. The summed E-state index contributed by atoms with van der Waals surface area (Å²) in [5, 5.41) is 6.17. The number of rotatable bonds is 10. The third-order valence-electron chi connectivity index (χ3n) is 3.57. The maximum absolute atomic E-state index is 11.5. The van der Waals surface area contributed by atoms with Crippen LogP contribution < -0.4 is 10.6 Å². The highest BCUT2D eigenvalue weighted by atomic mass is 32.2. The Morgan fingerprint density at radius 1 is 1.35 bits per heavy atom. The van der Waals surface area contributed by atoms with Crippen molar-refractivity contribution in [1.29, 1.82) is 0 Å². The average Bonchev–Trinajstić information content (AvgIpc) is 2.56. The molecule has 1 saturated heterocycles. The molecule has 23 heavy (non-hydrogen) atoms. The molecule has 7 nitrogen and oxygen atoms in total. The van der Waals surface area contributed by atoms with Gasteiger partial charge in [0.15, 0.2) is 15.8 Å². The van der Waals surface area contributed by atoms with Crippen molar-refractivity contribution in [3.63, 3.8) is 0 Å². The standard InChI is InChI=1S/C15H30N4O3S/c1-3-6-16-15(18-8-14-23(20,21)4-2)17-7-5-9-19-10-12-22-13-11-19/h3H,1,4-14H2,2H3,(H2,16,17,18). The van der Waals surface area contributed by atoms with Gasteiger partial charge in [0.25, 0.3) is 0 Å². The molecular weight excluding hydrogens is 316 g/mol. The molecule has 0 bridgehead atoms. The summed E-state index contributed by atoms with van der Waals surface area (Å²) in [6.45, 7) is 11.6. The van der Waals surface area contributed by atoms with Crippen LogP contribution in [0.5, 0.6) is 0 Å². The van der Waals surface area contributed by atoms with Crippen molar-refractivity contribution in [3.8, 4) is 0 Å². The number of ether oxygens (including phenoxy) is 1. The molecule has 8 heteroatoms. The Balaban J connectivity index is 2.31. The van der Waals surface area contributed by atoms with Gasteiger partial charge in [0.05, 0.1) is 19.0 Å². The highest BCUT2D eigenvalue weighted by Gasteiger charge is 2.09. The zero-order valence-corrected chi connectivity index (χ0v) is 14.9. The molecule has 1 rings (SSSR count). The van der Waals surface area contributed by atoms with Gasteiger partial charge < -0.3 is 15.4 Å². The minimum Gasteiger partial charge on any atom is -0.379 e. The Morgan fingerprint density at radius 3 is 2.74 bits per heavy atom. The molecule has 0 aromatic carbocycles. The second-order valence-electron chi connectivity index (χ2n) is 5.37. The number of sulfone groups is 1. The van der Waals surface area contributed by atoms with Gasteiger partial charge in [-0.25, -0.2) is 8.42 Å². The van der Waals surface area contributed by atoms with Gasteiger partial charge in [-0.3, -0.25) is 9.89 Å². The first-order chi connectivity index (χ1) is 11.1. The molecule has 0 aromatic heterocycles. The second kappa shape index (κ2) is 11.4. The number of nitrogens with zero attached hydrogens (tertiary/aromatic N) is 2. The van der Waals surface area contributed by atoms with Gasteiger partial charge in [-0.15, -0.1) is 6.58 Å². The van der Waals surface area contributed by atoms with Gasteiger partial charge in [0.1, 0.15) is 0 Å². The monoisotopic (exact) mass is 346 g/mol. The first kappa shape index (κ1) is 19.9. The first-order valence-corrected chi connectivity index (χ1v) is 10.0. The number of hydrogen-bond donors (Lipinski definition) is 2. The number of morpholine rings is 1. The van der Waals surface area contributed by atoms with Gasteiger partial charge in [-0.2, -0.15) is 0 Å². The molecule has 134 valence electrons. The number of nitrogens with one attached hydrogen (secondary N) is 2. The van der Waals surface area contributed by atoms with Gasteiger partial charge >= 0.3 is 0 Å². The Hall–Kier alpha value is -1.12. The third kappa shape index (κ3) is 9.58. The quantitative estimate of drug-likeness (QED) is 0.248. The molecule has 0 spiro atoms. The predicted molar refractivity (Wildman–Crippen MR) is 94.7 cm³/mol. The van der Waals surface area contributed by atoms with Gasteiger partial charge in [-0.05, 0) is 6.42 Å². The van der Waals surface area contributed by atoms with E-state index in [0.717, 1.165) is 39.3 Å². The van der Waals surface area contributed by atoms with E-state index in [4.69, 9.17) is 4.74 Å². The van der Waals surface area contributed by atoms with Crippen LogP contribution in [0.25, 0.3) is 0 Å². The lowest BCUT2D eigenvalue weighted by atomic mass is 10.3. The van der Waals surface area contributed by atoms with Crippen LogP contribution in [0.15, 0.2) is 17.6 Å². The van der Waals surface area contributed by atoms with Crippen LogP contribution in [0, 0.1) is 0 Å². The number of aliphatic imine (C=N–C) groups is 1. The summed E-state index contributed by atoms with van der Waals surface area (Å²) in [4.78, 5) is 6.86. The van der Waals surface area contributed by atoms with E-state index in [1.54, 1.807) is 13.0 Å². The SMILES string of the molecule is C=CCNC(=NCCCN1CCOCC1)NCCS(=O)(=O)CC. The van der Waals surface area contributed by atoms with E-state index < -0.39 is 9.84 Å². The van der Waals surface area contributed by atoms with Crippen LogP contribution in [0.4, 0.5) is 0 Å². The van der Waals surface area contributed by atoms with E-state index in [9.17, 15) is 8.42 Å². The molecule has 1 heterocycles. The summed E-state index contributed by atoms with van der Waals surface area (Å²) in [7, 11) is -2.96. The fourth-order valence-corrected chi connectivity index (χ4v) is 2.82. The molecule has 0 radical (unpaired) electrons. The minimum absolute atomic E-state index is 0.117. The fraction of sp³-hybridized carbons (Fsp3) is 0.800. The van der Waals surface area contributed by atoms with Crippen molar-refractivity contribution in [3.05, 3.63) is 12.7 Å². The lowest BCUT2D eigenvalue weighted by Crippen LogP contribution is -2.40. The van der Waals surface area contributed by atoms with Crippen LogP contribution in [0.1, 0.15) is 13.3 Å². The summed E-state index contributed by atoms with van der Waals surface area (Å²) in [5.74, 6) is 0.922. The van der Waals surface area contributed by atoms with E-state index in [1.807, 2.05) is 0 Å². The topological polar surface area (TPSA) is 83.0 Å². The molecule has 0 amide bonds.